The van der Waals surface area contributed by atoms with Gasteiger partial charge in [-0.1, -0.05) is 80.3 Å². The summed E-state index contributed by atoms with van der Waals surface area (Å²) in [6, 6.07) is 38.9. The Hall–Kier alpha value is -14.4. The molecule has 0 saturated carbocycles. The normalized spacial score (nSPS) is 10.8. The highest BCUT2D eigenvalue weighted by Gasteiger charge is 2.17. The Morgan fingerprint density at radius 1 is 0.248 bits per heavy atom. The van der Waals surface area contributed by atoms with Crippen molar-refractivity contribution in [2.24, 2.45) is 0 Å². The van der Waals surface area contributed by atoms with Gasteiger partial charge in [-0.05, 0) is 198 Å². The van der Waals surface area contributed by atoms with Gasteiger partial charge >= 0.3 is 5.97 Å². The van der Waals surface area contributed by atoms with Crippen molar-refractivity contribution in [2.75, 3.05) is 0 Å². The van der Waals surface area contributed by atoms with E-state index in [2.05, 4.69) is 0 Å². The zero-order chi connectivity index (χ0) is 73.7. The monoisotopic (exact) mass is 1380 g/mol. The third-order valence-electron chi connectivity index (χ3n) is 13.8. The predicted octanol–water partition coefficient (Wildman–Crippen LogP) is 13.8. The Bertz CT molecular complexity index is 4800. The van der Waals surface area contributed by atoms with E-state index in [1.54, 1.807) is 67.6 Å². The molecule has 0 unspecified atom stereocenters. The number of hydrogen-bond donors (Lipinski definition) is 20. The van der Waals surface area contributed by atoms with E-state index in [4.69, 9.17) is 20.4 Å². The summed E-state index contributed by atoms with van der Waals surface area (Å²) in [4.78, 5) is 46.6. The zero-order valence-corrected chi connectivity index (χ0v) is 52.5. The Balaban J connectivity index is 0.000000227. The second-order valence-corrected chi connectivity index (χ2v) is 21.3. The molecule has 10 aromatic rings. The summed E-state index contributed by atoms with van der Waals surface area (Å²) in [5.41, 5.74) is 5.29. The van der Waals surface area contributed by atoms with E-state index < -0.39 is 52.0 Å². The topological polar surface area (TPSA) is 473 Å². The number of carboxylic acids is 1. The van der Waals surface area contributed by atoms with Gasteiger partial charge in [-0.3, -0.25) is 14.4 Å². The Morgan fingerprint density at radius 3 is 1.16 bits per heavy atom. The van der Waals surface area contributed by atoms with E-state index in [1.807, 2.05) is 19.1 Å². The minimum Gasteiger partial charge on any atom is -0.508 e. The fourth-order valence-corrected chi connectivity index (χ4v) is 8.48. The molecule has 20 N–H and O–H groups in total. The molecule has 0 aliphatic rings. The van der Waals surface area contributed by atoms with E-state index in [0.29, 0.717) is 27.8 Å². The van der Waals surface area contributed by atoms with E-state index in [0.717, 1.165) is 59.2 Å². The third-order valence-corrected chi connectivity index (χ3v) is 13.8. The van der Waals surface area contributed by atoms with Crippen LogP contribution < -0.4 is 0 Å². The van der Waals surface area contributed by atoms with Crippen molar-refractivity contribution in [1.82, 2.24) is 0 Å². The highest BCUT2D eigenvalue weighted by Crippen LogP contribution is 2.39. The van der Waals surface area contributed by atoms with Gasteiger partial charge in [0.2, 0.25) is 5.75 Å². The number of rotatable bonds is 14. The number of carboxylic acid groups (broad SMARTS) is 1. The highest BCUT2D eigenvalue weighted by molar-refractivity contribution is 6.10. The Kier molecular flexibility index (Phi) is 27.1. The van der Waals surface area contributed by atoms with Crippen molar-refractivity contribution in [3.05, 3.63) is 260 Å². The molecule has 0 aromatic heterocycles. The summed E-state index contributed by atoms with van der Waals surface area (Å²) in [5, 5.41) is 187. The van der Waals surface area contributed by atoms with Crippen molar-refractivity contribution >= 4 is 65.9 Å². The zero-order valence-electron chi connectivity index (χ0n) is 52.5. The summed E-state index contributed by atoms with van der Waals surface area (Å²) < 4.78 is 0. The standard InChI is InChI=1S/C16H14O4.2C15H12O6.C15H12O5.C15H14O3.CH4/c1-10-2-3-11(8-15(10)19)4-7-14(18)13-6-5-12(17)9-16(13)20;16-10(9-3-6-12(18)15(21)14(9)20)4-1-8-2-5-11(17)13(19)7-8;16-9-2-3-10(12(18)7-9)11(17)4-1-8-5-13(19)15(21)14(20)6-8;16-11-4-6-13(17)10(8-11)3-1-9-2-5-14(18)12(7-9)15(19)20;1-10-6-11(4-5-15(10)18)2-3-12-7-13(16)9-14(17)8-12;/h2-9,17,19-20H,1H3;1-7,17-21H;1-7,16,18-21H;1-8,16-18H,(H,19,20);2-9,16-18H,1H3;1H4/b7-4+;2*4-1+;3-1+;3-2+;. The van der Waals surface area contributed by atoms with Gasteiger partial charge < -0.3 is 102 Å². The van der Waals surface area contributed by atoms with Crippen molar-refractivity contribution in [2.45, 2.75) is 21.3 Å². The number of hydrogen-bond acceptors (Lipinski definition) is 23. The van der Waals surface area contributed by atoms with Gasteiger partial charge in [0.15, 0.2) is 57.6 Å². The number of aromatic hydroxyl groups is 19. The number of phenolic OH excluding ortho intramolecular Hbond substituents is 18. The maximum atomic E-state index is 11.9. The number of carbonyl (C=O) groups is 4. The van der Waals surface area contributed by atoms with Crippen LogP contribution in [0.4, 0.5) is 0 Å². The van der Waals surface area contributed by atoms with Gasteiger partial charge in [0.05, 0.1) is 16.7 Å². The minimum absolute atomic E-state index is 0. The van der Waals surface area contributed by atoms with Crippen LogP contribution in [0.15, 0.2) is 188 Å². The maximum Gasteiger partial charge on any atom is 0.339 e. The quantitative estimate of drug-likeness (QED) is 0.0158. The molecule has 0 aliphatic heterocycles. The van der Waals surface area contributed by atoms with Crippen LogP contribution in [-0.2, 0) is 0 Å². The van der Waals surface area contributed by atoms with E-state index in [1.165, 1.54) is 115 Å². The number of aromatic carboxylic acids is 1. The lowest BCUT2D eigenvalue weighted by molar-refractivity contribution is 0.0692. The van der Waals surface area contributed by atoms with Crippen LogP contribution in [0.1, 0.15) is 98.9 Å². The molecule has 24 nitrogen and oxygen atoms in total. The molecule has 0 atom stereocenters. The lowest BCUT2D eigenvalue weighted by atomic mass is 10.1. The molecule has 0 fully saturated rings. The first-order valence-electron chi connectivity index (χ1n) is 29.1. The molecule has 0 amide bonds. The van der Waals surface area contributed by atoms with E-state index >= 15 is 0 Å². The summed E-state index contributed by atoms with van der Waals surface area (Å²) in [6.45, 7) is 3.61. The predicted molar refractivity (Wildman–Crippen MR) is 377 cm³/mol. The molecule has 520 valence electrons. The number of carbonyl (C=O) groups excluding carboxylic acids is 3. The van der Waals surface area contributed by atoms with Gasteiger partial charge in [-0.15, -0.1) is 0 Å². The minimum atomic E-state index is -1.22. The lowest BCUT2D eigenvalue weighted by Crippen LogP contribution is -1.96. The fourth-order valence-electron chi connectivity index (χ4n) is 8.48. The third kappa shape index (κ3) is 22.6. The molecule has 0 heterocycles. The molecular formula is C77H68O24. The molecule has 101 heavy (non-hydrogen) atoms. The number of ketones is 3. The van der Waals surface area contributed by atoms with Crippen LogP contribution >= 0.6 is 0 Å². The van der Waals surface area contributed by atoms with Crippen molar-refractivity contribution < 1.29 is 121 Å². The fraction of sp³-hybridized carbons (Fsp3) is 0.0390. The van der Waals surface area contributed by atoms with Crippen LogP contribution in [0, 0.1) is 13.8 Å². The van der Waals surface area contributed by atoms with Crippen LogP contribution in [0.3, 0.4) is 0 Å². The van der Waals surface area contributed by atoms with E-state index in [9.17, 15) is 101 Å². The second-order valence-electron chi connectivity index (χ2n) is 21.3. The summed E-state index contributed by atoms with van der Waals surface area (Å²) >= 11 is 0. The molecule has 24 heteroatoms. The first-order chi connectivity index (χ1) is 47.3. The second kappa shape index (κ2) is 35.4. The molecule has 0 saturated heterocycles. The summed E-state index contributed by atoms with van der Waals surface area (Å²) in [5.74, 6) is -7.76. The first-order valence-corrected chi connectivity index (χ1v) is 29.1. The molecule has 0 bridgehead atoms. The molecule has 0 aliphatic carbocycles. The van der Waals surface area contributed by atoms with Crippen LogP contribution in [-0.4, -0.2) is 125 Å². The maximum absolute atomic E-state index is 11.9. The summed E-state index contributed by atoms with van der Waals surface area (Å²) in [6.07, 6.45) is 14.5. The van der Waals surface area contributed by atoms with E-state index in [-0.39, 0.29) is 116 Å². The Labute approximate surface area is 575 Å². The number of benzene rings is 10. The van der Waals surface area contributed by atoms with Crippen LogP contribution in [0.2, 0.25) is 0 Å². The summed E-state index contributed by atoms with van der Waals surface area (Å²) in [7, 11) is 0. The first kappa shape index (κ1) is 77.3. The molecular weight excluding hydrogens is 1310 g/mol. The average molecular weight is 1380 g/mol. The van der Waals surface area contributed by atoms with Crippen LogP contribution in [0.25, 0.3) is 42.5 Å². The highest BCUT2D eigenvalue weighted by atomic mass is 16.4. The van der Waals surface area contributed by atoms with Gasteiger partial charge in [0.1, 0.15) is 68.8 Å². The SMILES string of the molecule is C.Cc1cc(/C=C/c2cc(O)cc(O)c2)ccc1O.Cc1ccc(/C=C/C(=O)c2ccc(O)cc2O)cc1O.O=C(/C=C/c1cc(O)c(O)c(O)c1)c1ccc(O)cc1O.O=C(/C=C/c1ccc(O)c(O)c1)c1ccc(O)c(O)c1O.O=C(O)c1cc(/C=C/c2cc(O)ccc2O)ccc1O. The molecule has 0 spiro atoms. The Morgan fingerprint density at radius 2 is 0.644 bits per heavy atom. The number of phenols is 19. The molecule has 10 rings (SSSR count). The van der Waals surface area contributed by atoms with Crippen LogP contribution in [0.5, 0.6) is 109 Å². The van der Waals surface area contributed by atoms with Gasteiger partial charge in [0, 0.05) is 23.8 Å². The molecule has 0 radical (unpaired) electrons. The van der Waals surface area contributed by atoms with Gasteiger partial charge in [-0.2, -0.15) is 0 Å². The largest absolute Gasteiger partial charge is 0.508 e. The number of aryl methyl sites for hydroxylation is 2. The lowest BCUT2D eigenvalue weighted by Gasteiger charge is -2.04. The van der Waals surface area contributed by atoms with Crippen molar-refractivity contribution in [1.29, 1.82) is 0 Å². The molecule has 10 aromatic carbocycles. The van der Waals surface area contributed by atoms with Crippen molar-refractivity contribution in [3.63, 3.8) is 0 Å². The van der Waals surface area contributed by atoms with Gasteiger partial charge in [-0.25, -0.2) is 4.79 Å². The van der Waals surface area contributed by atoms with Crippen molar-refractivity contribution in [3.8, 4) is 109 Å². The smallest absolute Gasteiger partial charge is 0.339 e. The number of allylic oxidation sites excluding steroid dienone is 3. The average Bonchev–Trinajstić information content (AvgIpc) is 0.845. The van der Waals surface area contributed by atoms with Gasteiger partial charge in [0.25, 0.3) is 0 Å².